The number of alkyl halides is 3. The lowest BCUT2D eigenvalue weighted by Gasteiger charge is -2.21. The first-order valence-electron chi connectivity index (χ1n) is 12.0. The zero-order valence-electron chi connectivity index (χ0n) is 22.1. The van der Waals surface area contributed by atoms with E-state index < -0.39 is 17.6 Å². The average Bonchev–Trinajstić information content (AvgIpc) is 3.03. The van der Waals surface area contributed by atoms with Crippen molar-refractivity contribution in [1.82, 2.24) is 14.7 Å². The lowest BCUT2D eigenvalue weighted by molar-refractivity contribution is -0.137. The number of hydrogen-bond donors (Lipinski definition) is 1. The number of amides is 1. The number of nitrogens with one attached hydrogen (secondary N) is 1. The molecule has 0 bridgehead atoms. The highest BCUT2D eigenvalue weighted by Crippen LogP contribution is 2.33. The number of halogens is 3. The molecule has 2 rings (SSSR count). The molecule has 1 N–H and O–H groups in total. The van der Waals surface area contributed by atoms with Crippen LogP contribution in [0.2, 0.25) is 0 Å². The number of aromatic nitrogens is 2. The van der Waals surface area contributed by atoms with Gasteiger partial charge in [-0.05, 0) is 45.4 Å². The number of nitrogens with zero attached hydrogens (tertiary/aromatic N) is 3. The van der Waals surface area contributed by atoms with Crippen LogP contribution in [-0.4, -0.2) is 34.0 Å². The van der Waals surface area contributed by atoms with Gasteiger partial charge in [-0.25, -0.2) is 0 Å². The molecule has 6 nitrogen and oxygen atoms in total. The molecule has 35 heavy (non-hydrogen) atoms. The summed E-state index contributed by atoms with van der Waals surface area (Å²) in [7, 11) is 1.90. The third kappa shape index (κ3) is 7.98. The molecule has 0 spiro atoms. The van der Waals surface area contributed by atoms with Crippen molar-refractivity contribution in [3.05, 3.63) is 46.6 Å². The number of ether oxygens (including phenoxy) is 1. The summed E-state index contributed by atoms with van der Waals surface area (Å²) in [6.07, 6.45) is -2.76. The first-order valence-corrected chi connectivity index (χ1v) is 12.0. The van der Waals surface area contributed by atoms with Crippen molar-refractivity contribution in [3.63, 3.8) is 0 Å². The number of benzene rings is 1. The zero-order valence-corrected chi connectivity index (χ0v) is 22.1. The van der Waals surface area contributed by atoms with Crippen LogP contribution < -0.4 is 15.5 Å². The normalized spacial score (nSPS) is 13.4. The highest BCUT2D eigenvalue weighted by molar-refractivity contribution is 5.97. The van der Waals surface area contributed by atoms with Crippen molar-refractivity contribution >= 4 is 5.91 Å². The Kier molecular flexibility index (Phi) is 9.03. The van der Waals surface area contributed by atoms with Crippen LogP contribution in [-0.2, 0) is 25.2 Å². The second-order valence-corrected chi connectivity index (χ2v) is 10.8. The van der Waals surface area contributed by atoms with Crippen LogP contribution in [0.4, 0.5) is 13.2 Å². The van der Waals surface area contributed by atoms with Gasteiger partial charge in [0.05, 0.1) is 11.1 Å². The van der Waals surface area contributed by atoms with Gasteiger partial charge in [-0.3, -0.25) is 14.2 Å². The monoisotopic (exact) mass is 496 g/mol. The molecule has 1 aromatic carbocycles. The minimum absolute atomic E-state index is 0.0783. The van der Waals surface area contributed by atoms with Gasteiger partial charge < -0.3 is 10.1 Å². The standard InChI is InChI=1S/C26H39F3N4O2/c1-9-10-14-33-22(17-21(32(33)8)24(2,3)4)31-23(34)19-16-18(26(27,28)29)11-12-20(19)35-15-13-30-25(5,6)7/h11-12,16-17,30H,9-10,13-15H2,1-8H3/b31-22+. The van der Waals surface area contributed by atoms with Crippen LogP contribution >= 0.6 is 0 Å². The largest absolute Gasteiger partial charge is 0.491 e. The summed E-state index contributed by atoms with van der Waals surface area (Å²) in [4.78, 5) is 17.5. The maximum atomic E-state index is 13.4. The smallest absolute Gasteiger partial charge is 0.416 e. The molecular weight excluding hydrogens is 457 g/mol. The van der Waals surface area contributed by atoms with Gasteiger partial charge in [0.1, 0.15) is 12.4 Å². The highest BCUT2D eigenvalue weighted by atomic mass is 19.4. The SMILES string of the molecule is CCCCn1/c(=N/C(=O)c2cc(C(F)(F)F)ccc2OCCNC(C)(C)C)cc(C(C)(C)C)n1C. The predicted molar refractivity (Wildman–Crippen MR) is 132 cm³/mol. The summed E-state index contributed by atoms with van der Waals surface area (Å²) < 4.78 is 49.8. The van der Waals surface area contributed by atoms with Crippen LogP contribution in [0.15, 0.2) is 29.3 Å². The fourth-order valence-corrected chi connectivity index (χ4v) is 3.69. The van der Waals surface area contributed by atoms with Crippen molar-refractivity contribution in [3.8, 4) is 5.75 Å². The first kappa shape index (κ1) is 28.7. The number of carbonyl (C=O) groups is 1. The maximum Gasteiger partial charge on any atom is 0.416 e. The van der Waals surface area contributed by atoms with E-state index in [0.29, 0.717) is 18.6 Å². The molecule has 0 saturated heterocycles. The van der Waals surface area contributed by atoms with Gasteiger partial charge in [0.25, 0.3) is 5.91 Å². The zero-order chi connectivity index (χ0) is 26.6. The quantitative estimate of drug-likeness (QED) is 0.495. The third-order valence-corrected chi connectivity index (χ3v) is 5.50. The molecule has 9 heteroatoms. The number of carbonyl (C=O) groups excluding carboxylic acids is 1. The molecule has 0 aliphatic rings. The highest BCUT2D eigenvalue weighted by Gasteiger charge is 2.32. The first-order chi connectivity index (χ1) is 16.0. The molecule has 1 aromatic heterocycles. The fourth-order valence-electron chi connectivity index (χ4n) is 3.69. The van der Waals surface area contributed by atoms with E-state index in [9.17, 15) is 18.0 Å². The van der Waals surface area contributed by atoms with E-state index in [1.54, 1.807) is 0 Å². The van der Waals surface area contributed by atoms with Crippen molar-refractivity contribution in [2.24, 2.45) is 12.0 Å². The molecule has 0 unspecified atom stereocenters. The number of rotatable bonds is 8. The second-order valence-electron chi connectivity index (χ2n) is 10.8. The van der Waals surface area contributed by atoms with Gasteiger partial charge >= 0.3 is 6.18 Å². The van der Waals surface area contributed by atoms with Gasteiger partial charge in [0.2, 0.25) is 0 Å². The minimum atomic E-state index is -4.59. The van der Waals surface area contributed by atoms with Gasteiger partial charge in [0.15, 0.2) is 5.49 Å². The van der Waals surface area contributed by atoms with Crippen molar-refractivity contribution < 1.29 is 22.7 Å². The molecule has 0 aliphatic heterocycles. The van der Waals surface area contributed by atoms with Gasteiger partial charge in [-0.1, -0.05) is 34.1 Å². The van der Waals surface area contributed by atoms with Gasteiger partial charge in [0, 0.05) is 42.9 Å². The summed E-state index contributed by atoms with van der Waals surface area (Å²) in [5.74, 6) is -0.694. The van der Waals surface area contributed by atoms with Crippen LogP contribution in [0.3, 0.4) is 0 Å². The van der Waals surface area contributed by atoms with Crippen molar-refractivity contribution in [1.29, 1.82) is 0 Å². The molecule has 0 saturated carbocycles. The Morgan fingerprint density at radius 2 is 1.74 bits per heavy atom. The van der Waals surface area contributed by atoms with E-state index in [1.807, 2.05) is 43.2 Å². The Morgan fingerprint density at radius 1 is 1.09 bits per heavy atom. The predicted octanol–water partition coefficient (Wildman–Crippen LogP) is 5.45. The van der Waals surface area contributed by atoms with Crippen molar-refractivity contribution in [2.45, 2.75) is 85.0 Å². The van der Waals surface area contributed by atoms with E-state index in [1.165, 1.54) is 6.07 Å². The topological polar surface area (TPSA) is 60.6 Å². The van der Waals surface area contributed by atoms with E-state index in [0.717, 1.165) is 30.7 Å². The molecular formula is C26H39F3N4O2. The average molecular weight is 497 g/mol. The van der Waals surface area contributed by atoms with Crippen LogP contribution in [0.25, 0.3) is 0 Å². The Bertz CT molecular complexity index is 1080. The Balaban J connectivity index is 2.52. The second kappa shape index (κ2) is 11.0. The molecule has 1 heterocycles. The van der Waals surface area contributed by atoms with E-state index >= 15 is 0 Å². The van der Waals surface area contributed by atoms with E-state index in [4.69, 9.17) is 4.74 Å². The molecule has 2 aromatic rings. The summed E-state index contributed by atoms with van der Waals surface area (Å²) >= 11 is 0. The maximum absolute atomic E-state index is 13.4. The molecule has 1 amide bonds. The summed E-state index contributed by atoms with van der Waals surface area (Å²) in [5.41, 5.74) is -0.0917. The molecule has 0 aliphatic carbocycles. The number of unbranched alkanes of at least 4 members (excludes halogenated alkanes) is 1. The molecule has 0 fully saturated rings. The minimum Gasteiger partial charge on any atom is -0.491 e. The summed E-state index contributed by atoms with van der Waals surface area (Å²) in [5, 5.41) is 3.25. The Hall–Kier alpha value is -2.55. The van der Waals surface area contributed by atoms with E-state index in [2.05, 4.69) is 38.0 Å². The lowest BCUT2D eigenvalue weighted by Crippen LogP contribution is -2.38. The van der Waals surface area contributed by atoms with Gasteiger partial charge in [-0.15, -0.1) is 0 Å². The lowest BCUT2D eigenvalue weighted by atomic mass is 9.92. The third-order valence-electron chi connectivity index (χ3n) is 5.50. The van der Waals surface area contributed by atoms with E-state index in [-0.39, 0.29) is 28.9 Å². The van der Waals surface area contributed by atoms with Crippen LogP contribution in [0.5, 0.6) is 5.75 Å². The number of hydrogen-bond acceptors (Lipinski definition) is 3. The van der Waals surface area contributed by atoms with Gasteiger partial charge in [-0.2, -0.15) is 18.2 Å². The summed E-state index contributed by atoms with van der Waals surface area (Å²) in [6.45, 7) is 15.5. The Morgan fingerprint density at radius 3 is 2.29 bits per heavy atom. The molecule has 196 valence electrons. The van der Waals surface area contributed by atoms with Crippen molar-refractivity contribution in [2.75, 3.05) is 13.2 Å². The fraction of sp³-hybridized carbons (Fsp3) is 0.615. The van der Waals surface area contributed by atoms with Crippen LogP contribution in [0, 0.1) is 0 Å². The summed E-state index contributed by atoms with van der Waals surface area (Å²) in [6, 6.07) is 4.77. The molecule has 0 atom stereocenters. The van der Waals surface area contributed by atoms with Crippen LogP contribution in [0.1, 0.15) is 82.9 Å². The molecule has 0 radical (unpaired) electrons. The Labute approximate surface area is 206 Å².